The van der Waals surface area contributed by atoms with Crippen LogP contribution in [0.15, 0.2) is 24.3 Å². The largest absolute Gasteiger partial charge is 0.416 e. The van der Waals surface area contributed by atoms with Crippen LogP contribution in [0.5, 0.6) is 0 Å². The first kappa shape index (κ1) is 9.27. The zero-order valence-electron chi connectivity index (χ0n) is 7.05. The van der Waals surface area contributed by atoms with E-state index in [1.54, 1.807) is 6.08 Å². The Hall–Kier alpha value is -1.29. The molecule has 74 valence electrons. The van der Waals surface area contributed by atoms with Crippen molar-refractivity contribution in [3.05, 3.63) is 41.0 Å². The van der Waals surface area contributed by atoms with Gasteiger partial charge in [0.15, 0.2) is 0 Å². The highest BCUT2D eigenvalue weighted by Gasteiger charge is 2.31. The number of alkyl halides is 3. The molecule has 1 aliphatic carbocycles. The van der Waals surface area contributed by atoms with E-state index in [0.717, 1.165) is 12.1 Å². The minimum Gasteiger partial charge on any atom is -0.384 e. The Bertz CT molecular complexity index is 393. The van der Waals surface area contributed by atoms with Crippen molar-refractivity contribution in [1.82, 2.24) is 0 Å². The van der Waals surface area contributed by atoms with Gasteiger partial charge in [-0.15, -0.1) is 0 Å². The van der Waals surface area contributed by atoms with Crippen LogP contribution in [0.4, 0.5) is 13.2 Å². The van der Waals surface area contributed by atoms with Crippen molar-refractivity contribution >= 4 is 6.08 Å². The fraction of sp³-hybridized carbons (Fsp3) is 0.200. The van der Waals surface area contributed by atoms with Crippen molar-refractivity contribution in [3.63, 3.8) is 0 Å². The Morgan fingerprint density at radius 1 is 1.21 bits per heavy atom. The summed E-state index contributed by atoms with van der Waals surface area (Å²) in [4.78, 5) is 0. The Kier molecular flexibility index (Phi) is 1.89. The van der Waals surface area contributed by atoms with Crippen LogP contribution in [-0.2, 0) is 6.18 Å². The molecule has 1 atom stereocenters. The molecule has 4 heteroatoms. The van der Waals surface area contributed by atoms with E-state index in [0.29, 0.717) is 11.1 Å². The first-order chi connectivity index (χ1) is 6.48. The number of hydrogen-bond donors (Lipinski definition) is 1. The Balaban J connectivity index is 2.48. The van der Waals surface area contributed by atoms with Gasteiger partial charge in [-0.25, -0.2) is 0 Å². The highest BCUT2D eigenvalue weighted by molar-refractivity contribution is 5.62. The molecule has 0 saturated carbocycles. The summed E-state index contributed by atoms with van der Waals surface area (Å²) in [6, 6.07) is 3.37. The first-order valence-electron chi connectivity index (χ1n) is 4.06. The molecule has 0 radical (unpaired) electrons. The molecule has 0 heterocycles. The number of fused-ring (bicyclic) bond motifs is 1. The summed E-state index contributed by atoms with van der Waals surface area (Å²) in [6.07, 6.45) is -2.19. The summed E-state index contributed by atoms with van der Waals surface area (Å²) in [5, 5.41) is 9.32. The molecule has 0 bridgehead atoms. The number of hydrogen-bond acceptors (Lipinski definition) is 1. The molecular weight excluding hydrogens is 193 g/mol. The predicted molar refractivity (Wildman–Crippen MR) is 45.4 cm³/mol. The number of benzene rings is 1. The van der Waals surface area contributed by atoms with Gasteiger partial charge in [-0.2, -0.15) is 13.2 Å². The van der Waals surface area contributed by atoms with Gasteiger partial charge in [0.25, 0.3) is 0 Å². The number of aliphatic hydroxyl groups excluding tert-OH is 1. The van der Waals surface area contributed by atoms with Crippen molar-refractivity contribution in [1.29, 1.82) is 0 Å². The van der Waals surface area contributed by atoms with Gasteiger partial charge >= 0.3 is 6.18 Å². The van der Waals surface area contributed by atoms with Crippen LogP contribution in [-0.4, -0.2) is 5.11 Å². The number of aliphatic hydroxyl groups is 1. The second kappa shape index (κ2) is 2.85. The molecule has 1 aromatic carbocycles. The van der Waals surface area contributed by atoms with Crippen LogP contribution in [0.3, 0.4) is 0 Å². The summed E-state index contributed by atoms with van der Waals surface area (Å²) >= 11 is 0. The van der Waals surface area contributed by atoms with E-state index >= 15 is 0 Å². The number of rotatable bonds is 0. The van der Waals surface area contributed by atoms with E-state index in [1.165, 1.54) is 12.1 Å². The molecule has 1 N–H and O–H groups in total. The third kappa shape index (κ3) is 1.42. The molecule has 14 heavy (non-hydrogen) atoms. The SMILES string of the molecule is OC1C=Cc2ccc(C(F)(F)F)cc21. The third-order valence-corrected chi connectivity index (χ3v) is 2.19. The summed E-state index contributed by atoms with van der Waals surface area (Å²) < 4.78 is 36.8. The molecule has 1 aromatic rings. The van der Waals surface area contributed by atoms with Crippen LogP contribution in [0.25, 0.3) is 6.08 Å². The molecule has 0 aromatic heterocycles. The normalized spacial score (nSPS) is 19.9. The van der Waals surface area contributed by atoms with E-state index in [1.807, 2.05) is 0 Å². The Morgan fingerprint density at radius 2 is 1.93 bits per heavy atom. The van der Waals surface area contributed by atoms with Crippen molar-refractivity contribution in [2.24, 2.45) is 0 Å². The highest BCUT2D eigenvalue weighted by Crippen LogP contribution is 2.35. The van der Waals surface area contributed by atoms with Crippen LogP contribution in [0.1, 0.15) is 22.8 Å². The van der Waals surface area contributed by atoms with Crippen LogP contribution in [0, 0.1) is 0 Å². The molecule has 0 spiro atoms. The molecule has 0 amide bonds. The fourth-order valence-corrected chi connectivity index (χ4v) is 1.46. The summed E-state index contributed by atoms with van der Waals surface area (Å²) in [7, 11) is 0. The summed E-state index contributed by atoms with van der Waals surface area (Å²) in [5.74, 6) is 0. The maximum atomic E-state index is 12.3. The van der Waals surface area contributed by atoms with Gasteiger partial charge in [-0.3, -0.25) is 0 Å². The molecular formula is C10H7F3O. The zero-order chi connectivity index (χ0) is 10.3. The second-order valence-corrected chi connectivity index (χ2v) is 3.15. The van der Waals surface area contributed by atoms with E-state index in [4.69, 9.17) is 0 Å². The monoisotopic (exact) mass is 200 g/mol. The van der Waals surface area contributed by atoms with Crippen molar-refractivity contribution in [3.8, 4) is 0 Å². The quantitative estimate of drug-likeness (QED) is 0.682. The molecule has 1 nitrogen and oxygen atoms in total. The number of halogens is 3. The first-order valence-corrected chi connectivity index (χ1v) is 4.06. The van der Waals surface area contributed by atoms with Crippen molar-refractivity contribution in [2.45, 2.75) is 12.3 Å². The topological polar surface area (TPSA) is 20.2 Å². The lowest BCUT2D eigenvalue weighted by Gasteiger charge is -2.10. The summed E-state index contributed by atoms with van der Waals surface area (Å²) in [5.41, 5.74) is 0.240. The van der Waals surface area contributed by atoms with Gasteiger partial charge < -0.3 is 5.11 Å². The predicted octanol–water partition coefficient (Wildman–Crippen LogP) is 2.77. The third-order valence-electron chi connectivity index (χ3n) is 2.19. The Morgan fingerprint density at radius 3 is 2.57 bits per heavy atom. The van der Waals surface area contributed by atoms with E-state index in [2.05, 4.69) is 0 Å². The highest BCUT2D eigenvalue weighted by atomic mass is 19.4. The van der Waals surface area contributed by atoms with Crippen LogP contribution < -0.4 is 0 Å². The van der Waals surface area contributed by atoms with Crippen LogP contribution >= 0.6 is 0 Å². The second-order valence-electron chi connectivity index (χ2n) is 3.15. The molecule has 0 aliphatic heterocycles. The average molecular weight is 200 g/mol. The van der Waals surface area contributed by atoms with Gasteiger partial charge in [0.2, 0.25) is 0 Å². The van der Waals surface area contributed by atoms with Gasteiger partial charge in [-0.05, 0) is 23.3 Å². The molecule has 0 saturated heterocycles. The molecule has 1 unspecified atom stereocenters. The van der Waals surface area contributed by atoms with Gasteiger partial charge in [0, 0.05) is 0 Å². The standard InChI is InChI=1S/C10H7F3O/c11-10(12,13)7-3-1-6-2-4-9(14)8(6)5-7/h1-5,9,14H. The van der Waals surface area contributed by atoms with E-state index in [9.17, 15) is 18.3 Å². The smallest absolute Gasteiger partial charge is 0.384 e. The van der Waals surface area contributed by atoms with Gasteiger partial charge in [0.1, 0.15) is 0 Å². The molecule has 2 rings (SSSR count). The van der Waals surface area contributed by atoms with Crippen molar-refractivity contribution in [2.75, 3.05) is 0 Å². The zero-order valence-corrected chi connectivity index (χ0v) is 7.05. The van der Waals surface area contributed by atoms with Crippen molar-refractivity contribution < 1.29 is 18.3 Å². The minimum atomic E-state index is -4.35. The lowest BCUT2D eigenvalue weighted by Crippen LogP contribution is -2.06. The lowest BCUT2D eigenvalue weighted by atomic mass is 10.0. The Labute approximate surface area is 78.5 Å². The maximum absolute atomic E-state index is 12.3. The average Bonchev–Trinajstić information content (AvgIpc) is 2.46. The van der Waals surface area contributed by atoms with Gasteiger partial charge in [0.05, 0.1) is 11.7 Å². The fourth-order valence-electron chi connectivity index (χ4n) is 1.46. The molecule has 1 aliphatic rings. The van der Waals surface area contributed by atoms with Crippen LogP contribution in [0.2, 0.25) is 0 Å². The molecule has 0 fully saturated rings. The summed E-state index contributed by atoms with van der Waals surface area (Å²) in [6.45, 7) is 0. The van der Waals surface area contributed by atoms with E-state index in [-0.39, 0.29) is 0 Å². The minimum absolute atomic E-state index is 0.319. The maximum Gasteiger partial charge on any atom is 0.416 e. The lowest BCUT2D eigenvalue weighted by molar-refractivity contribution is -0.137. The van der Waals surface area contributed by atoms with E-state index < -0.39 is 17.8 Å². The van der Waals surface area contributed by atoms with Gasteiger partial charge in [-0.1, -0.05) is 18.2 Å².